The zero-order chi connectivity index (χ0) is 9.97. The molecule has 2 nitrogen and oxygen atoms in total. The summed E-state index contributed by atoms with van der Waals surface area (Å²) in [5.74, 6) is 0. The molecule has 0 spiro atoms. The smallest absolute Gasteiger partial charge is 0.171 e. The first-order valence-electron chi connectivity index (χ1n) is 4.60. The minimum Gasteiger partial charge on any atom is -0.356 e. The number of nitrogens with one attached hydrogen (secondary N) is 2. The molecule has 1 aromatic carbocycles. The lowest BCUT2D eigenvalue weighted by Crippen LogP contribution is -2.43. The standard InChI is InChI=1S/C11H12N2S/c1-8-7-10(13-11(14)12-8)9-5-3-2-4-6-9/h2-8H,1H3,(H2,12,13,14). The lowest BCUT2D eigenvalue weighted by Gasteiger charge is -2.23. The highest BCUT2D eigenvalue weighted by atomic mass is 32.1. The third-order valence-corrected chi connectivity index (χ3v) is 2.33. The van der Waals surface area contributed by atoms with Crippen LogP contribution >= 0.6 is 12.2 Å². The van der Waals surface area contributed by atoms with Gasteiger partial charge in [-0.1, -0.05) is 30.3 Å². The number of rotatable bonds is 1. The Morgan fingerprint density at radius 1 is 1.21 bits per heavy atom. The van der Waals surface area contributed by atoms with E-state index in [0.717, 1.165) is 5.70 Å². The largest absolute Gasteiger partial charge is 0.356 e. The van der Waals surface area contributed by atoms with Gasteiger partial charge in [0.1, 0.15) is 0 Å². The van der Waals surface area contributed by atoms with Crippen molar-refractivity contribution in [2.75, 3.05) is 0 Å². The summed E-state index contributed by atoms with van der Waals surface area (Å²) >= 11 is 5.10. The Morgan fingerprint density at radius 2 is 1.93 bits per heavy atom. The summed E-state index contributed by atoms with van der Waals surface area (Å²) in [6.45, 7) is 2.08. The molecule has 0 amide bonds. The van der Waals surface area contributed by atoms with E-state index in [0.29, 0.717) is 11.2 Å². The maximum absolute atomic E-state index is 5.10. The average molecular weight is 204 g/mol. The summed E-state index contributed by atoms with van der Waals surface area (Å²) in [6, 6.07) is 10.5. The van der Waals surface area contributed by atoms with Gasteiger partial charge in [0.15, 0.2) is 5.11 Å². The van der Waals surface area contributed by atoms with Gasteiger partial charge in [0, 0.05) is 11.7 Å². The molecule has 2 rings (SSSR count). The van der Waals surface area contributed by atoms with E-state index >= 15 is 0 Å². The molecule has 1 aliphatic heterocycles. The molecule has 0 aromatic heterocycles. The summed E-state index contributed by atoms with van der Waals surface area (Å²) in [7, 11) is 0. The van der Waals surface area contributed by atoms with Crippen LogP contribution in [0.1, 0.15) is 12.5 Å². The van der Waals surface area contributed by atoms with Gasteiger partial charge in [-0.05, 0) is 30.8 Å². The van der Waals surface area contributed by atoms with Gasteiger partial charge >= 0.3 is 0 Å². The van der Waals surface area contributed by atoms with E-state index in [-0.39, 0.29) is 0 Å². The predicted molar refractivity (Wildman–Crippen MR) is 62.8 cm³/mol. The average Bonchev–Trinajstić information content (AvgIpc) is 2.18. The van der Waals surface area contributed by atoms with Crippen LogP contribution in [0.25, 0.3) is 5.70 Å². The summed E-state index contributed by atoms with van der Waals surface area (Å²) in [6.07, 6.45) is 2.13. The van der Waals surface area contributed by atoms with E-state index in [1.165, 1.54) is 5.56 Å². The predicted octanol–water partition coefficient (Wildman–Crippen LogP) is 1.89. The molecule has 0 fully saturated rings. The zero-order valence-electron chi connectivity index (χ0n) is 7.95. The monoisotopic (exact) mass is 204 g/mol. The van der Waals surface area contributed by atoms with E-state index in [9.17, 15) is 0 Å². The van der Waals surface area contributed by atoms with Crippen LogP contribution in [0.3, 0.4) is 0 Å². The van der Waals surface area contributed by atoms with Crippen LogP contribution in [-0.2, 0) is 0 Å². The second-order valence-electron chi connectivity index (χ2n) is 3.33. The maximum atomic E-state index is 5.10. The van der Waals surface area contributed by atoms with Crippen molar-refractivity contribution in [3.05, 3.63) is 42.0 Å². The quantitative estimate of drug-likeness (QED) is 0.683. The highest BCUT2D eigenvalue weighted by Crippen LogP contribution is 2.13. The van der Waals surface area contributed by atoms with E-state index in [4.69, 9.17) is 12.2 Å². The SMILES string of the molecule is CC1C=C(c2ccccc2)NC(=S)N1. The molecule has 72 valence electrons. The molecule has 2 N–H and O–H groups in total. The molecule has 3 heteroatoms. The molecule has 0 saturated carbocycles. The molecular weight excluding hydrogens is 192 g/mol. The third kappa shape index (κ3) is 1.93. The fraction of sp³-hybridized carbons (Fsp3) is 0.182. The Kier molecular flexibility index (Phi) is 2.50. The number of hydrogen-bond acceptors (Lipinski definition) is 1. The third-order valence-electron chi connectivity index (χ3n) is 2.11. The Bertz CT molecular complexity index is 370. The van der Waals surface area contributed by atoms with E-state index in [1.54, 1.807) is 0 Å². The highest BCUT2D eigenvalue weighted by molar-refractivity contribution is 7.80. The number of thiocarbonyl (C=S) groups is 1. The van der Waals surface area contributed by atoms with Crippen molar-refractivity contribution >= 4 is 23.0 Å². The van der Waals surface area contributed by atoms with Gasteiger partial charge in [0.05, 0.1) is 0 Å². The fourth-order valence-corrected chi connectivity index (χ4v) is 1.78. The van der Waals surface area contributed by atoms with Crippen LogP contribution in [0.4, 0.5) is 0 Å². The molecule has 1 atom stereocenters. The van der Waals surface area contributed by atoms with Gasteiger partial charge in [-0.2, -0.15) is 0 Å². The van der Waals surface area contributed by atoms with E-state index in [2.05, 4.69) is 35.8 Å². The van der Waals surface area contributed by atoms with E-state index < -0.39 is 0 Å². The van der Waals surface area contributed by atoms with Crippen molar-refractivity contribution in [3.63, 3.8) is 0 Å². The Morgan fingerprint density at radius 3 is 2.57 bits per heavy atom. The van der Waals surface area contributed by atoms with E-state index in [1.807, 2.05) is 18.2 Å². The van der Waals surface area contributed by atoms with Gasteiger partial charge in [-0.15, -0.1) is 0 Å². The Balaban J connectivity index is 2.31. The van der Waals surface area contributed by atoms with Gasteiger partial charge in [0.25, 0.3) is 0 Å². The second kappa shape index (κ2) is 3.80. The summed E-state index contributed by atoms with van der Waals surface area (Å²) < 4.78 is 0. The number of benzene rings is 1. The molecule has 1 unspecified atom stereocenters. The maximum Gasteiger partial charge on any atom is 0.171 e. The van der Waals surface area contributed by atoms with Crippen LogP contribution in [0.2, 0.25) is 0 Å². The molecule has 0 radical (unpaired) electrons. The van der Waals surface area contributed by atoms with Crippen LogP contribution in [0.5, 0.6) is 0 Å². The molecular formula is C11H12N2S. The van der Waals surface area contributed by atoms with Crippen molar-refractivity contribution in [1.29, 1.82) is 0 Å². The summed E-state index contributed by atoms with van der Waals surface area (Å²) in [5.41, 5.74) is 2.25. The summed E-state index contributed by atoms with van der Waals surface area (Å²) in [5, 5.41) is 6.96. The van der Waals surface area contributed by atoms with Crippen LogP contribution in [-0.4, -0.2) is 11.2 Å². The van der Waals surface area contributed by atoms with Crippen molar-refractivity contribution in [1.82, 2.24) is 10.6 Å². The second-order valence-corrected chi connectivity index (χ2v) is 3.74. The first-order chi connectivity index (χ1) is 6.75. The minimum atomic E-state index is 0.291. The zero-order valence-corrected chi connectivity index (χ0v) is 8.77. The summed E-state index contributed by atoms with van der Waals surface area (Å²) in [4.78, 5) is 0. The Hall–Kier alpha value is -1.35. The molecule has 0 saturated heterocycles. The molecule has 0 aliphatic carbocycles. The first-order valence-corrected chi connectivity index (χ1v) is 5.01. The van der Waals surface area contributed by atoms with Gasteiger partial charge < -0.3 is 10.6 Å². The first kappa shape index (κ1) is 9.21. The van der Waals surface area contributed by atoms with Gasteiger partial charge in [-0.25, -0.2) is 0 Å². The van der Waals surface area contributed by atoms with Crippen molar-refractivity contribution in [2.24, 2.45) is 0 Å². The molecule has 1 aromatic rings. The number of hydrogen-bond donors (Lipinski definition) is 2. The highest BCUT2D eigenvalue weighted by Gasteiger charge is 2.12. The minimum absolute atomic E-state index is 0.291. The van der Waals surface area contributed by atoms with Crippen LogP contribution in [0.15, 0.2) is 36.4 Å². The molecule has 1 heterocycles. The van der Waals surface area contributed by atoms with Gasteiger partial charge in [0.2, 0.25) is 0 Å². The van der Waals surface area contributed by atoms with Crippen LogP contribution in [0, 0.1) is 0 Å². The van der Waals surface area contributed by atoms with Gasteiger partial charge in [-0.3, -0.25) is 0 Å². The van der Waals surface area contributed by atoms with Crippen molar-refractivity contribution in [3.8, 4) is 0 Å². The fourth-order valence-electron chi connectivity index (χ4n) is 1.48. The molecule has 0 bridgehead atoms. The molecule has 14 heavy (non-hydrogen) atoms. The van der Waals surface area contributed by atoms with Crippen LogP contribution < -0.4 is 10.6 Å². The normalized spacial score (nSPS) is 20.8. The molecule has 1 aliphatic rings. The lowest BCUT2D eigenvalue weighted by molar-refractivity contribution is 0.779. The lowest BCUT2D eigenvalue weighted by atomic mass is 10.1. The van der Waals surface area contributed by atoms with Crippen molar-refractivity contribution < 1.29 is 0 Å². The topological polar surface area (TPSA) is 24.1 Å². The van der Waals surface area contributed by atoms with Crippen molar-refractivity contribution in [2.45, 2.75) is 13.0 Å². The Labute approximate surface area is 89.0 Å².